The van der Waals surface area contributed by atoms with Gasteiger partial charge in [-0.15, -0.1) is 0 Å². The van der Waals surface area contributed by atoms with E-state index >= 15 is 0 Å². The highest BCUT2D eigenvalue weighted by molar-refractivity contribution is 8.26. The standard InChI is InChI=1S/C21H26N4O3S2/c1-3-4-5-6-10-24-20(28)16(30-21(24)29)12-15-18(22-9-11-26)23-17-8-7-14(2)13-25(17)19(15)27/h7-8,12-13,22,26H,3-6,9-11H2,1-2H3. The summed E-state index contributed by atoms with van der Waals surface area (Å²) in [5, 5.41) is 12.2. The van der Waals surface area contributed by atoms with Gasteiger partial charge in [-0.3, -0.25) is 18.9 Å². The van der Waals surface area contributed by atoms with E-state index < -0.39 is 0 Å². The molecule has 1 saturated heterocycles. The van der Waals surface area contributed by atoms with Gasteiger partial charge in [-0.05, 0) is 31.1 Å². The number of aromatic nitrogens is 2. The minimum Gasteiger partial charge on any atom is -0.395 e. The number of rotatable bonds is 9. The smallest absolute Gasteiger partial charge is 0.267 e. The van der Waals surface area contributed by atoms with Crippen LogP contribution in [0.4, 0.5) is 5.82 Å². The van der Waals surface area contributed by atoms with Gasteiger partial charge >= 0.3 is 0 Å². The molecule has 2 N–H and O–H groups in total. The Balaban J connectivity index is 1.97. The maximum Gasteiger partial charge on any atom is 0.267 e. The minimum absolute atomic E-state index is 0.103. The SMILES string of the molecule is CCCCCCN1C(=O)C(=Cc2c(NCCO)nc3ccc(C)cn3c2=O)SC1=S. The molecule has 3 heterocycles. The largest absolute Gasteiger partial charge is 0.395 e. The van der Waals surface area contributed by atoms with E-state index in [0.29, 0.717) is 27.2 Å². The Morgan fingerprint density at radius 3 is 2.80 bits per heavy atom. The quantitative estimate of drug-likeness (QED) is 0.347. The third-order valence-electron chi connectivity index (χ3n) is 4.79. The Labute approximate surface area is 185 Å². The molecule has 0 atom stereocenters. The van der Waals surface area contributed by atoms with E-state index in [0.717, 1.165) is 31.2 Å². The number of aliphatic hydroxyl groups is 1. The summed E-state index contributed by atoms with van der Waals surface area (Å²) in [7, 11) is 0. The van der Waals surface area contributed by atoms with Crippen LogP contribution >= 0.6 is 24.0 Å². The number of hydrogen-bond acceptors (Lipinski definition) is 7. The van der Waals surface area contributed by atoms with Crippen molar-refractivity contribution in [2.24, 2.45) is 0 Å². The summed E-state index contributed by atoms with van der Waals surface area (Å²) in [4.78, 5) is 32.6. The van der Waals surface area contributed by atoms with Crippen molar-refractivity contribution in [3.05, 3.63) is 44.7 Å². The van der Waals surface area contributed by atoms with E-state index in [9.17, 15) is 14.7 Å². The molecule has 0 aromatic carbocycles. The summed E-state index contributed by atoms with van der Waals surface area (Å²) in [6.07, 6.45) is 7.49. The normalized spacial score (nSPS) is 15.6. The molecule has 3 rings (SSSR count). The molecule has 1 aliphatic heterocycles. The summed E-state index contributed by atoms with van der Waals surface area (Å²) in [6.45, 7) is 4.77. The van der Waals surface area contributed by atoms with E-state index in [4.69, 9.17) is 12.2 Å². The molecule has 2 aromatic heterocycles. The number of hydrogen-bond donors (Lipinski definition) is 2. The van der Waals surface area contributed by atoms with Gasteiger partial charge in [0.2, 0.25) is 0 Å². The van der Waals surface area contributed by atoms with Gasteiger partial charge in [-0.2, -0.15) is 0 Å². The molecule has 1 amide bonds. The van der Waals surface area contributed by atoms with Crippen LogP contribution in [-0.2, 0) is 4.79 Å². The van der Waals surface area contributed by atoms with Crippen LogP contribution in [-0.4, -0.2) is 49.3 Å². The number of thioether (sulfide) groups is 1. The van der Waals surface area contributed by atoms with Gasteiger partial charge in [0.05, 0.1) is 17.1 Å². The Morgan fingerprint density at radius 2 is 2.07 bits per heavy atom. The number of thiocarbonyl (C=S) groups is 1. The highest BCUT2D eigenvalue weighted by Gasteiger charge is 2.32. The topological polar surface area (TPSA) is 86.9 Å². The van der Waals surface area contributed by atoms with Crippen LogP contribution in [0.3, 0.4) is 0 Å². The highest BCUT2D eigenvalue weighted by atomic mass is 32.2. The van der Waals surface area contributed by atoms with Crippen molar-refractivity contribution in [2.75, 3.05) is 25.0 Å². The molecule has 1 aliphatic rings. The van der Waals surface area contributed by atoms with Crippen molar-refractivity contribution in [1.82, 2.24) is 14.3 Å². The molecule has 30 heavy (non-hydrogen) atoms. The van der Waals surface area contributed by atoms with Gasteiger partial charge in [-0.1, -0.05) is 56.2 Å². The second-order valence-corrected chi connectivity index (χ2v) is 8.83. The second-order valence-electron chi connectivity index (χ2n) is 7.16. The number of pyridine rings is 1. The minimum atomic E-state index is -0.280. The second kappa shape index (κ2) is 10.2. The fraction of sp³-hybridized carbons (Fsp3) is 0.429. The predicted molar refractivity (Wildman–Crippen MR) is 126 cm³/mol. The van der Waals surface area contributed by atoms with Crippen LogP contribution in [0.15, 0.2) is 28.0 Å². The van der Waals surface area contributed by atoms with Gasteiger partial charge < -0.3 is 10.4 Å². The Hall–Kier alpha value is -2.23. The molecule has 0 aliphatic carbocycles. The van der Waals surface area contributed by atoms with Crippen LogP contribution in [0.25, 0.3) is 11.7 Å². The molecular formula is C21H26N4O3S2. The maximum atomic E-state index is 13.2. The molecule has 0 bridgehead atoms. The third kappa shape index (κ3) is 4.91. The van der Waals surface area contributed by atoms with E-state index in [1.165, 1.54) is 16.2 Å². The number of aliphatic hydroxyl groups excluding tert-OH is 1. The lowest BCUT2D eigenvalue weighted by molar-refractivity contribution is -0.122. The summed E-state index contributed by atoms with van der Waals surface area (Å²) in [5.41, 5.74) is 1.41. The Kier molecular flexibility index (Phi) is 7.63. The molecule has 1 fully saturated rings. The number of carbonyl (C=O) groups is 1. The summed E-state index contributed by atoms with van der Waals surface area (Å²) in [5.74, 6) is 0.162. The fourth-order valence-corrected chi connectivity index (χ4v) is 4.51. The van der Waals surface area contributed by atoms with Crippen molar-refractivity contribution in [3.8, 4) is 0 Å². The van der Waals surface area contributed by atoms with Gasteiger partial charge in [0.15, 0.2) is 0 Å². The van der Waals surface area contributed by atoms with Gasteiger partial charge in [-0.25, -0.2) is 4.98 Å². The third-order valence-corrected chi connectivity index (χ3v) is 6.17. The van der Waals surface area contributed by atoms with Crippen LogP contribution in [0, 0.1) is 6.92 Å². The number of nitrogens with zero attached hydrogens (tertiary/aromatic N) is 3. The van der Waals surface area contributed by atoms with E-state index in [1.54, 1.807) is 23.2 Å². The van der Waals surface area contributed by atoms with Crippen LogP contribution < -0.4 is 10.9 Å². The molecular weight excluding hydrogens is 420 g/mol. The number of nitrogens with one attached hydrogen (secondary N) is 1. The Bertz CT molecular complexity index is 1050. The highest BCUT2D eigenvalue weighted by Crippen LogP contribution is 2.33. The number of fused-ring (bicyclic) bond motifs is 1. The Morgan fingerprint density at radius 1 is 1.27 bits per heavy atom. The lowest BCUT2D eigenvalue weighted by atomic mass is 10.2. The first kappa shape index (κ1) is 22.5. The summed E-state index contributed by atoms with van der Waals surface area (Å²) < 4.78 is 1.98. The van der Waals surface area contributed by atoms with Gasteiger partial charge in [0.1, 0.15) is 15.8 Å². The molecule has 7 nitrogen and oxygen atoms in total. The number of aryl methyl sites for hydroxylation is 1. The first-order valence-corrected chi connectivity index (χ1v) is 11.3. The molecule has 0 radical (unpaired) electrons. The molecule has 0 spiro atoms. The lowest BCUT2D eigenvalue weighted by Crippen LogP contribution is -2.29. The summed E-state index contributed by atoms with van der Waals surface area (Å²) >= 11 is 6.60. The number of anilines is 1. The zero-order valence-corrected chi connectivity index (χ0v) is 18.8. The first-order chi connectivity index (χ1) is 14.5. The zero-order valence-electron chi connectivity index (χ0n) is 17.2. The van der Waals surface area contributed by atoms with E-state index in [-0.39, 0.29) is 30.2 Å². The van der Waals surface area contributed by atoms with Crippen LogP contribution in [0.2, 0.25) is 0 Å². The summed E-state index contributed by atoms with van der Waals surface area (Å²) in [6, 6.07) is 3.64. The maximum absolute atomic E-state index is 13.2. The predicted octanol–water partition coefficient (Wildman–Crippen LogP) is 3.19. The lowest BCUT2D eigenvalue weighted by Gasteiger charge is -2.14. The molecule has 0 saturated carbocycles. The van der Waals surface area contributed by atoms with Crippen LogP contribution in [0.5, 0.6) is 0 Å². The van der Waals surface area contributed by atoms with Crippen molar-refractivity contribution in [2.45, 2.75) is 39.5 Å². The van der Waals surface area contributed by atoms with Crippen molar-refractivity contribution in [1.29, 1.82) is 0 Å². The molecule has 0 unspecified atom stereocenters. The number of amides is 1. The zero-order chi connectivity index (χ0) is 21.7. The fourth-order valence-electron chi connectivity index (χ4n) is 3.22. The van der Waals surface area contributed by atoms with E-state index in [1.807, 2.05) is 13.0 Å². The molecule has 9 heteroatoms. The van der Waals surface area contributed by atoms with Crippen LogP contribution in [0.1, 0.15) is 43.7 Å². The first-order valence-electron chi connectivity index (χ1n) is 10.1. The van der Waals surface area contributed by atoms with Gasteiger partial charge in [0, 0.05) is 19.3 Å². The monoisotopic (exact) mass is 446 g/mol. The van der Waals surface area contributed by atoms with Crippen molar-refractivity contribution in [3.63, 3.8) is 0 Å². The van der Waals surface area contributed by atoms with Crippen molar-refractivity contribution < 1.29 is 9.90 Å². The average Bonchev–Trinajstić information content (AvgIpc) is 2.99. The average molecular weight is 447 g/mol. The number of carbonyl (C=O) groups excluding carboxylic acids is 1. The molecule has 2 aromatic rings. The molecule has 160 valence electrons. The number of unbranched alkanes of at least 4 members (excludes halogenated alkanes) is 3. The van der Waals surface area contributed by atoms with Gasteiger partial charge in [0.25, 0.3) is 11.5 Å². The van der Waals surface area contributed by atoms with Crippen molar-refractivity contribution >= 4 is 51.7 Å². The van der Waals surface area contributed by atoms with E-state index in [2.05, 4.69) is 17.2 Å².